The SMILES string of the molecule is Cc1ccc(C)c(N(CC(=O)N(Cc2ccc(Cl)c(Cl)c2)[C@@H](C)C(=O)NCC(C)C)S(C)(=O)=O)c1. The summed E-state index contributed by atoms with van der Waals surface area (Å²) in [6.45, 7) is 9.25. The molecule has 0 bridgehead atoms. The second-order valence-corrected chi connectivity index (χ2v) is 11.9. The van der Waals surface area contributed by atoms with E-state index in [1.54, 1.807) is 38.1 Å². The smallest absolute Gasteiger partial charge is 0.244 e. The van der Waals surface area contributed by atoms with Gasteiger partial charge in [-0.25, -0.2) is 8.42 Å². The molecular weight excluding hydrogens is 509 g/mol. The lowest BCUT2D eigenvalue weighted by Gasteiger charge is -2.32. The Labute approximate surface area is 218 Å². The number of aryl methyl sites for hydroxylation is 2. The second-order valence-electron chi connectivity index (χ2n) is 9.14. The van der Waals surface area contributed by atoms with Gasteiger partial charge >= 0.3 is 0 Å². The Morgan fingerprint density at radius 1 is 1.00 bits per heavy atom. The number of hydrogen-bond acceptors (Lipinski definition) is 4. The Balaban J connectivity index is 2.43. The number of anilines is 1. The maximum Gasteiger partial charge on any atom is 0.244 e. The molecule has 0 unspecified atom stereocenters. The van der Waals surface area contributed by atoms with E-state index in [9.17, 15) is 18.0 Å². The van der Waals surface area contributed by atoms with Crippen LogP contribution in [-0.4, -0.2) is 50.5 Å². The fourth-order valence-corrected chi connectivity index (χ4v) is 4.67. The minimum Gasteiger partial charge on any atom is -0.354 e. The third-order valence-electron chi connectivity index (χ3n) is 5.50. The van der Waals surface area contributed by atoms with E-state index in [2.05, 4.69) is 5.32 Å². The van der Waals surface area contributed by atoms with E-state index in [1.807, 2.05) is 32.9 Å². The molecule has 2 amide bonds. The van der Waals surface area contributed by atoms with Crippen LogP contribution in [0.15, 0.2) is 36.4 Å². The largest absolute Gasteiger partial charge is 0.354 e. The van der Waals surface area contributed by atoms with Gasteiger partial charge in [0.25, 0.3) is 0 Å². The minimum absolute atomic E-state index is 0.0520. The quantitative estimate of drug-likeness (QED) is 0.477. The van der Waals surface area contributed by atoms with Crippen LogP contribution in [0, 0.1) is 19.8 Å². The number of rotatable bonds is 10. The first kappa shape index (κ1) is 28.9. The average Bonchev–Trinajstić information content (AvgIpc) is 2.76. The van der Waals surface area contributed by atoms with Crippen molar-refractivity contribution < 1.29 is 18.0 Å². The molecule has 1 atom stereocenters. The van der Waals surface area contributed by atoms with E-state index in [0.29, 0.717) is 33.4 Å². The summed E-state index contributed by atoms with van der Waals surface area (Å²) in [6.07, 6.45) is 1.06. The van der Waals surface area contributed by atoms with Crippen molar-refractivity contribution in [3.05, 3.63) is 63.1 Å². The van der Waals surface area contributed by atoms with Crippen LogP contribution >= 0.6 is 23.2 Å². The third-order valence-corrected chi connectivity index (χ3v) is 7.37. The molecule has 0 radical (unpaired) electrons. The summed E-state index contributed by atoms with van der Waals surface area (Å²) in [4.78, 5) is 27.8. The maximum absolute atomic E-state index is 13.6. The van der Waals surface area contributed by atoms with E-state index in [-0.39, 0.29) is 18.4 Å². The van der Waals surface area contributed by atoms with Crippen LogP contribution in [-0.2, 0) is 26.2 Å². The first-order chi connectivity index (χ1) is 16.2. The highest BCUT2D eigenvalue weighted by atomic mass is 35.5. The van der Waals surface area contributed by atoms with Gasteiger partial charge in [0, 0.05) is 13.1 Å². The van der Waals surface area contributed by atoms with Crippen molar-refractivity contribution in [2.45, 2.75) is 47.2 Å². The van der Waals surface area contributed by atoms with Gasteiger partial charge in [-0.15, -0.1) is 0 Å². The monoisotopic (exact) mass is 541 g/mol. The van der Waals surface area contributed by atoms with E-state index in [0.717, 1.165) is 16.1 Å². The van der Waals surface area contributed by atoms with Gasteiger partial charge in [0.05, 0.1) is 22.0 Å². The van der Waals surface area contributed by atoms with Crippen molar-refractivity contribution in [1.29, 1.82) is 0 Å². The molecule has 0 heterocycles. The van der Waals surface area contributed by atoms with Gasteiger partial charge in [-0.2, -0.15) is 0 Å². The molecule has 0 aliphatic heterocycles. The zero-order valence-electron chi connectivity index (χ0n) is 20.9. The Morgan fingerprint density at radius 3 is 2.23 bits per heavy atom. The van der Waals surface area contributed by atoms with Crippen LogP contribution in [0.1, 0.15) is 37.5 Å². The Bertz CT molecular complexity index is 1190. The van der Waals surface area contributed by atoms with Crippen LogP contribution in [0.4, 0.5) is 5.69 Å². The predicted octanol–water partition coefficient (Wildman–Crippen LogP) is 4.57. The van der Waals surface area contributed by atoms with Crippen molar-refractivity contribution in [2.75, 3.05) is 23.7 Å². The van der Waals surface area contributed by atoms with E-state index >= 15 is 0 Å². The van der Waals surface area contributed by atoms with E-state index < -0.39 is 28.5 Å². The number of halogens is 2. The molecule has 0 saturated carbocycles. The van der Waals surface area contributed by atoms with Gasteiger partial charge in [0.1, 0.15) is 12.6 Å². The normalized spacial score (nSPS) is 12.4. The van der Waals surface area contributed by atoms with Gasteiger partial charge < -0.3 is 10.2 Å². The molecule has 7 nitrogen and oxygen atoms in total. The van der Waals surface area contributed by atoms with Crippen molar-refractivity contribution in [3.63, 3.8) is 0 Å². The Hall–Kier alpha value is -2.29. The second kappa shape index (κ2) is 12.1. The van der Waals surface area contributed by atoms with Crippen LogP contribution in [0.3, 0.4) is 0 Å². The molecular formula is C25H33Cl2N3O4S. The zero-order chi connectivity index (χ0) is 26.5. The minimum atomic E-state index is -3.79. The first-order valence-electron chi connectivity index (χ1n) is 11.3. The number of amides is 2. The standard InChI is InChI=1S/C25H33Cl2N3O4S/c1-16(2)13-28-25(32)19(5)29(14-20-9-10-21(26)22(27)12-20)24(31)15-30(35(6,33)34)23-11-17(3)7-8-18(23)4/h7-12,16,19H,13-15H2,1-6H3,(H,28,32)/t19-/m0/s1. The van der Waals surface area contributed by atoms with Gasteiger partial charge in [-0.05, 0) is 61.6 Å². The summed E-state index contributed by atoms with van der Waals surface area (Å²) >= 11 is 12.2. The summed E-state index contributed by atoms with van der Waals surface area (Å²) < 4.78 is 26.5. The van der Waals surface area contributed by atoms with Crippen LogP contribution in [0.2, 0.25) is 10.0 Å². The first-order valence-corrected chi connectivity index (χ1v) is 13.9. The van der Waals surface area contributed by atoms with Crippen LogP contribution in [0.5, 0.6) is 0 Å². The molecule has 0 aliphatic carbocycles. The number of sulfonamides is 1. The summed E-state index contributed by atoms with van der Waals surface area (Å²) in [5.74, 6) is -0.616. The molecule has 10 heteroatoms. The number of hydrogen-bond donors (Lipinski definition) is 1. The summed E-state index contributed by atoms with van der Waals surface area (Å²) in [7, 11) is -3.79. The lowest BCUT2D eigenvalue weighted by atomic mass is 10.1. The van der Waals surface area contributed by atoms with Gasteiger partial charge in [0.15, 0.2) is 0 Å². The predicted molar refractivity (Wildman–Crippen MR) is 142 cm³/mol. The summed E-state index contributed by atoms with van der Waals surface area (Å²) in [5, 5.41) is 3.53. The summed E-state index contributed by atoms with van der Waals surface area (Å²) in [5.41, 5.74) is 2.66. The third kappa shape index (κ3) is 8.12. The number of carbonyl (C=O) groups excluding carboxylic acids is 2. The van der Waals surface area contributed by atoms with Crippen molar-refractivity contribution in [2.24, 2.45) is 5.92 Å². The highest BCUT2D eigenvalue weighted by Gasteiger charge is 2.30. The number of nitrogens with zero attached hydrogens (tertiary/aromatic N) is 2. The molecule has 0 fully saturated rings. The maximum atomic E-state index is 13.6. The molecule has 2 rings (SSSR count). The fraction of sp³-hybridized carbons (Fsp3) is 0.440. The highest BCUT2D eigenvalue weighted by Crippen LogP contribution is 2.26. The molecule has 35 heavy (non-hydrogen) atoms. The van der Waals surface area contributed by atoms with Crippen molar-refractivity contribution in [3.8, 4) is 0 Å². The molecule has 0 aromatic heterocycles. The van der Waals surface area contributed by atoms with Crippen LogP contribution in [0.25, 0.3) is 0 Å². The van der Waals surface area contributed by atoms with E-state index in [4.69, 9.17) is 23.2 Å². The van der Waals surface area contributed by atoms with Crippen LogP contribution < -0.4 is 9.62 Å². The number of benzene rings is 2. The van der Waals surface area contributed by atoms with Crippen molar-refractivity contribution >= 4 is 50.7 Å². The zero-order valence-corrected chi connectivity index (χ0v) is 23.3. The Kier molecular flexibility index (Phi) is 10.0. The molecule has 0 aliphatic rings. The topological polar surface area (TPSA) is 86.8 Å². The molecule has 0 saturated heterocycles. The fourth-order valence-electron chi connectivity index (χ4n) is 3.45. The molecule has 2 aromatic rings. The van der Waals surface area contributed by atoms with Gasteiger partial charge in [0.2, 0.25) is 21.8 Å². The molecule has 1 N–H and O–H groups in total. The molecule has 0 spiro atoms. The Morgan fingerprint density at radius 2 is 1.66 bits per heavy atom. The van der Waals surface area contributed by atoms with Gasteiger partial charge in [-0.3, -0.25) is 13.9 Å². The lowest BCUT2D eigenvalue weighted by molar-refractivity contribution is -0.139. The van der Waals surface area contributed by atoms with Crippen molar-refractivity contribution in [1.82, 2.24) is 10.2 Å². The number of nitrogens with one attached hydrogen (secondary N) is 1. The van der Waals surface area contributed by atoms with E-state index in [1.165, 1.54) is 4.90 Å². The highest BCUT2D eigenvalue weighted by molar-refractivity contribution is 7.92. The molecule has 2 aromatic carbocycles. The van der Waals surface area contributed by atoms with Gasteiger partial charge in [-0.1, -0.05) is 55.2 Å². The molecule has 192 valence electrons. The number of carbonyl (C=O) groups is 2. The average molecular weight is 543 g/mol. The lowest BCUT2D eigenvalue weighted by Crippen LogP contribution is -2.51. The summed E-state index contributed by atoms with van der Waals surface area (Å²) in [6, 6.07) is 9.52.